The molecule has 2 rings (SSSR count). The number of likely N-dealkylation sites (tertiary alicyclic amines) is 1. The molecule has 27 heavy (non-hydrogen) atoms. The molecule has 0 unspecified atom stereocenters. The molecule has 1 aliphatic rings. The molecule has 7 nitrogen and oxygen atoms in total. The van der Waals surface area contributed by atoms with Crippen LogP contribution in [-0.2, 0) is 10.0 Å². The number of nitrogens with one attached hydrogen (secondary N) is 2. The number of carbonyl (C=O) groups is 1. The molecule has 1 aliphatic heterocycles. The summed E-state index contributed by atoms with van der Waals surface area (Å²) in [6.07, 6.45) is 3.07. The number of methoxy groups -OCH3 is 1. The van der Waals surface area contributed by atoms with Gasteiger partial charge in [-0.3, -0.25) is 4.79 Å². The lowest BCUT2D eigenvalue weighted by Gasteiger charge is -2.32. The van der Waals surface area contributed by atoms with E-state index in [1.807, 2.05) is 11.9 Å². The first kappa shape index (κ1) is 21.7. The highest BCUT2D eigenvalue weighted by atomic mass is 32.2. The molecule has 152 valence electrons. The lowest BCUT2D eigenvalue weighted by atomic mass is 9.93. The lowest BCUT2D eigenvalue weighted by molar-refractivity contribution is 0.0687. The molecular formula is C19H31N3O4S. The van der Waals surface area contributed by atoms with Crippen molar-refractivity contribution < 1.29 is 17.9 Å². The third-order valence-corrected chi connectivity index (χ3v) is 6.48. The van der Waals surface area contributed by atoms with Crippen LogP contribution in [0.25, 0.3) is 0 Å². The summed E-state index contributed by atoms with van der Waals surface area (Å²) in [5.41, 5.74) is 0.369. The maximum absolute atomic E-state index is 12.9. The van der Waals surface area contributed by atoms with Crippen LogP contribution in [0, 0.1) is 5.92 Å². The third-order valence-electron chi connectivity index (χ3n) is 4.80. The largest absolute Gasteiger partial charge is 0.495 e. The Kier molecular flexibility index (Phi) is 7.64. The fourth-order valence-electron chi connectivity index (χ4n) is 3.35. The predicted molar refractivity (Wildman–Crippen MR) is 106 cm³/mol. The molecule has 1 aromatic rings. The Morgan fingerprint density at radius 1 is 1.30 bits per heavy atom. The van der Waals surface area contributed by atoms with Gasteiger partial charge >= 0.3 is 0 Å². The monoisotopic (exact) mass is 397 g/mol. The number of benzene rings is 1. The van der Waals surface area contributed by atoms with Crippen molar-refractivity contribution in [2.45, 2.75) is 44.0 Å². The summed E-state index contributed by atoms with van der Waals surface area (Å²) in [7, 11) is -0.396. The van der Waals surface area contributed by atoms with E-state index in [4.69, 9.17) is 4.74 Å². The number of hydrogen-bond donors (Lipinski definition) is 2. The van der Waals surface area contributed by atoms with Crippen LogP contribution in [0.5, 0.6) is 5.75 Å². The second kappa shape index (κ2) is 9.52. The number of carbonyl (C=O) groups excluding carboxylic acids is 1. The zero-order valence-corrected chi connectivity index (χ0v) is 17.4. The van der Waals surface area contributed by atoms with Crippen LogP contribution >= 0.6 is 0 Å². The number of nitrogens with zero attached hydrogens (tertiary/aromatic N) is 1. The fraction of sp³-hybridized carbons (Fsp3) is 0.632. The van der Waals surface area contributed by atoms with E-state index in [9.17, 15) is 13.2 Å². The van der Waals surface area contributed by atoms with Gasteiger partial charge in [0.25, 0.3) is 5.91 Å². The molecule has 2 N–H and O–H groups in total. The van der Waals surface area contributed by atoms with Crippen LogP contribution in [0.2, 0.25) is 0 Å². The van der Waals surface area contributed by atoms with Gasteiger partial charge in [0.05, 0.1) is 7.11 Å². The van der Waals surface area contributed by atoms with E-state index in [0.717, 1.165) is 25.8 Å². The van der Waals surface area contributed by atoms with Gasteiger partial charge in [0.15, 0.2) is 0 Å². The van der Waals surface area contributed by atoms with E-state index in [1.165, 1.54) is 13.2 Å². The highest BCUT2D eigenvalue weighted by molar-refractivity contribution is 7.89. The molecule has 1 heterocycles. The molecule has 1 fully saturated rings. The minimum atomic E-state index is -3.76. The Labute approximate surface area is 162 Å². The number of piperidine rings is 1. The quantitative estimate of drug-likeness (QED) is 0.699. The van der Waals surface area contributed by atoms with Crippen molar-refractivity contribution in [3.63, 3.8) is 0 Å². The van der Waals surface area contributed by atoms with Gasteiger partial charge in [-0.05, 0) is 70.8 Å². The Bertz CT molecular complexity index is 741. The molecule has 8 heteroatoms. The van der Waals surface area contributed by atoms with Crippen LogP contribution in [0.3, 0.4) is 0 Å². The topological polar surface area (TPSA) is 87.7 Å². The first-order valence-electron chi connectivity index (χ1n) is 9.42. The Balaban J connectivity index is 2.17. The average Bonchev–Trinajstić information content (AvgIpc) is 2.64. The van der Waals surface area contributed by atoms with Gasteiger partial charge < -0.3 is 15.0 Å². The molecule has 1 saturated heterocycles. The second-order valence-electron chi connectivity index (χ2n) is 7.27. The maximum Gasteiger partial charge on any atom is 0.253 e. The van der Waals surface area contributed by atoms with E-state index >= 15 is 0 Å². The maximum atomic E-state index is 12.9. The van der Waals surface area contributed by atoms with E-state index in [1.54, 1.807) is 26.0 Å². The normalized spacial score (nSPS) is 16.0. The summed E-state index contributed by atoms with van der Waals surface area (Å²) < 4.78 is 32.9. The van der Waals surface area contributed by atoms with Gasteiger partial charge in [-0.25, -0.2) is 13.1 Å². The SMILES string of the molecule is CNCCC1CCN(C(=O)c2ccc(OC)c(S(=O)(=O)NC(C)C)c2)CC1. The van der Waals surface area contributed by atoms with Crippen LogP contribution in [0.4, 0.5) is 0 Å². The molecule has 0 aromatic heterocycles. The van der Waals surface area contributed by atoms with Crippen LogP contribution in [0.15, 0.2) is 23.1 Å². The number of sulfonamides is 1. The van der Waals surface area contributed by atoms with Crippen molar-refractivity contribution in [3.8, 4) is 5.75 Å². The first-order chi connectivity index (χ1) is 12.8. The van der Waals surface area contributed by atoms with E-state index in [2.05, 4.69) is 10.0 Å². The molecule has 0 spiro atoms. The summed E-state index contributed by atoms with van der Waals surface area (Å²) in [6.45, 7) is 5.88. The van der Waals surface area contributed by atoms with Gasteiger partial charge in [-0.2, -0.15) is 0 Å². The van der Waals surface area contributed by atoms with Crippen LogP contribution < -0.4 is 14.8 Å². The molecule has 0 radical (unpaired) electrons. The van der Waals surface area contributed by atoms with Crippen molar-refractivity contribution in [3.05, 3.63) is 23.8 Å². The smallest absolute Gasteiger partial charge is 0.253 e. The molecule has 0 aliphatic carbocycles. The third kappa shape index (κ3) is 5.67. The zero-order chi connectivity index (χ0) is 20.0. The van der Waals surface area contributed by atoms with Crippen molar-refractivity contribution >= 4 is 15.9 Å². The van der Waals surface area contributed by atoms with E-state index < -0.39 is 10.0 Å². The molecular weight excluding hydrogens is 366 g/mol. The summed E-state index contributed by atoms with van der Waals surface area (Å²) in [6, 6.07) is 4.33. The minimum Gasteiger partial charge on any atom is -0.495 e. The van der Waals surface area contributed by atoms with Crippen LogP contribution in [-0.4, -0.2) is 59.1 Å². The van der Waals surface area contributed by atoms with E-state index in [0.29, 0.717) is 24.6 Å². The van der Waals surface area contributed by atoms with Gasteiger partial charge in [0, 0.05) is 24.7 Å². The van der Waals surface area contributed by atoms with Crippen molar-refractivity contribution in [2.75, 3.05) is 33.8 Å². The summed E-state index contributed by atoms with van der Waals surface area (Å²) in [5.74, 6) is 0.722. The van der Waals surface area contributed by atoms with Crippen molar-refractivity contribution in [1.82, 2.24) is 14.9 Å². The summed E-state index contributed by atoms with van der Waals surface area (Å²) in [4.78, 5) is 14.7. The lowest BCUT2D eigenvalue weighted by Crippen LogP contribution is -2.39. The van der Waals surface area contributed by atoms with Crippen molar-refractivity contribution in [2.24, 2.45) is 5.92 Å². The van der Waals surface area contributed by atoms with Gasteiger partial charge in [-0.1, -0.05) is 0 Å². The molecule has 0 bridgehead atoms. The van der Waals surface area contributed by atoms with Gasteiger partial charge in [0.1, 0.15) is 10.6 Å². The van der Waals surface area contributed by atoms with Crippen molar-refractivity contribution in [1.29, 1.82) is 0 Å². The Morgan fingerprint density at radius 2 is 1.96 bits per heavy atom. The van der Waals surface area contributed by atoms with Gasteiger partial charge in [-0.15, -0.1) is 0 Å². The summed E-state index contributed by atoms with van der Waals surface area (Å²) in [5, 5.41) is 3.16. The fourth-order valence-corrected chi connectivity index (χ4v) is 4.80. The average molecular weight is 398 g/mol. The van der Waals surface area contributed by atoms with Crippen LogP contribution in [0.1, 0.15) is 43.5 Å². The molecule has 1 amide bonds. The van der Waals surface area contributed by atoms with Gasteiger partial charge in [0.2, 0.25) is 10.0 Å². The number of hydrogen-bond acceptors (Lipinski definition) is 5. The minimum absolute atomic E-state index is 0.00606. The zero-order valence-electron chi connectivity index (χ0n) is 16.6. The number of rotatable bonds is 8. The Hall–Kier alpha value is -1.64. The highest BCUT2D eigenvalue weighted by Crippen LogP contribution is 2.27. The molecule has 0 saturated carbocycles. The second-order valence-corrected chi connectivity index (χ2v) is 8.95. The summed E-state index contributed by atoms with van der Waals surface area (Å²) >= 11 is 0. The number of ether oxygens (including phenoxy) is 1. The van der Waals surface area contributed by atoms with E-state index in [-0.39, 0.29) is 22.6 Å². The number of amides is 1. The standard InChI is InChI=1S/C19H31N3O4S/c1-14(2)21-27(24,25)18-13-16(5-6-17(18)26-4)19(23)22-11-8-15(9-12-22)7-10-20-3/h5-6,13-15,20-21H,7-12H2,1-4H3. The molecule has 1 aromatic carbocycles. The predicted octanol–water partition coefficient (Wildman–Crippen LogP) is 1.84. The first-order valence-corrected chi connectivity index (χ1v) is 10.9. The highest BCUT2D eigenvalue weighted by Gasteiger charge is 2.26. The Morgan fingerprint density at radius 3 is 2.52 bits per heavy atom. The molecule has 0 atom stereocenters.